The van der Waals surface area contributed by atoms with Crippen molar-refractivity contribution in [2.75, 3.05) is 18.9 Å². The minimum absolute atomic E-state index is 0.00867. The van der Waals surface area contributed by atoms with Gasteiger partial charge in [-0.05, 0) is 43.2 Å². The molecular formula is C20H21N3O2. The van der Waals surface area contributed by atoms with Crippen LogP contribution in [0.25, 0.3) is 10.9 Å². The fourth-order valence-electron chi connectivity index (χ4n) is 2.76. The van der Waals surface area contributed by atoms with Crippen molar-refractivity contribution < 1.29 is 9.59 Å². The Balaban J connectivity index is 1.68. The van der Waals surface area contributed by atoms with Gasteiger partial charge in [-0.2, -0.15) is 0 Å². The van der Waals surface area contributed by atoms with E-state index in [0.717, 1.165) is 22.2 Å². The van der Waals surface area contributed by atoms with E-state index < -0.39 is 0 Å². The van der Waals surface area contributed by atoms with E-state index in [1.165, 1.54) is 10.5 Å². The monoisotopic (exact) mass is 335 g/mol. The van der Waals surface area contributed by atoms with Crippen LogP contribution in [0.3, 0.4) is 0 Å². The quantitative estimate of drug-likeness (QED) is 0.766. The van der Waals surface area contributed by atoms with Crippen LogP contribution >= 0.6 is 0 Å². The first kappa shape index (κ1) is 16.8. The van der Waals surface area contributed by atoms with Crippen LogP contribution in [0.2, 0.25) is 0 Å². The molecule has 0 fully saturated rings. The van der Waals surface area contributed by atoms with Crippen molar-refractivity contribution in [2.24, 2.45) is 0 Å². The highest BCUT2D eigenvalue weighted by molar-refractivity contribution is 6.08. The Labute approximate surface area is 146 Å². The van der Waals surface area contributed by atoms with E-state index in [1.54, 1.807) is 13.2 Å². The van der Waals surface area contributed by atoms with Gasteiger partial charge in [0.05, 0.1) is 12.1 Å². The van der Waals surface area contributed by atoms with Crippen LogP contribution < -0.4 is 5.32 Å². The zero-order valence-electron chi connectivity index (χ0n) is 14.6. The number of aromatic amines is 1. The van der Waals surface area contributed by atoms with Gasteiger partial charge in [0.25, 0.3) is 5.91 Å². The molecule has 2 aromatic carbocycles. The smallest absolute Gasteiger partial charge is 0.256 e. The van der Waals surface area contributed by atoms with Gasteiger partial charge in [0.1, 0.15) is 0 Å². The zero-order chi connectivity index (χ0) is 18.0. The van der Waals surface area contributed by atoms with E-state index >= 15 is 0 Å². The molecule has 0 spiro atoms. The number of amides is 2. The molecule has 2 amide bonds. The Morgan fingerprint density at radius 3 is 2.60 bits per heavy atom. The number of carbonyl (C=O) groups excluding carboxylic acids is 2. The summed E-state index contributed by atoms with van der Waals surface area (Å²) in [6.07, 6.45) is 1.69. The number of aryl methyl sites for hydroxylation is 2. The number of H-pyrrole nitrogens is 1. The number of benzene rings is 2. The van der Waals surface area contributed by atoms with Crippen LogP contribution in [-0.4, -0.2) is 35.3 Å². The number of aromatic nitrogens is 1. The minimum atomic E-state index is -0.223. The fourth-order valence-corrected chi connectivity index (χ4v) is 2.76. The van der Waals surface area contributed by atoms with Gasteiger partial charge in [-0.15, -0.1) is 0 Å². The molecule has 0 saturated heterocycles. The first-order chi connectivity index (χ1) is 12.0. The summed E-state index contributed by atoms with van der Waals surface area (Å²) in [5, 5.41) is 3.69. The van der Waals surface area contributed by atoms with Gasteiger partial charge in [-0.3, -0.25) is 9.59 Å². The maximum absolute atomic E-state index is 12.6. The highest BCUT2D eigenvalue weighted by Gasteiger charge is 2.18. The SMILES string of the molecule is Cc1ccc(NC(=O)CN(C)C(=O)c2c[nH]c3ccccc23)cc1C. The average Bonchev–Trinajstić information content (AvgIpc) is 3.01. The molecule has 1 aromatic heterocycles. The Hall–Kier alpha value is -3.08. The summed E-state index contributed by atoms with van der Waals surface area (Å²) >= 11 is 0. The standard InChI is InChI=1S/C20H21N3O2/c1-13-8-9-15(10-14(13)2)22-19(24)12-23(3)20(25)17-11-21-18-7-5-4-6-16(17)18/h4-11,21H,12H2,1-3H3,(H,22,24). The number of para-hydroxylation sites is 1. The van der Waals surface area contributed by atoms with Gasteiger partial charge < -0.3 is 15.2 Å². The third-order valence-electron chi connectivity index (χ3n) is 4.34. The minimum Gasteiger partial charge on any atom is -0.360 e. The molecular weight excluding hydrogens is 314 g/mol. The largest absolute Gasteiger partial charge is 0.360 e. The summed E-state index contributed by atoms with van der Waals surface area (Å²) in [6, 6.07) is 13.4. The van der Waals surface area contributed by atoms with Crippen LogP contribution in [0.1, 0.15) is 21.5 Å². The van der Waals surface area contributed by atoms with Crippen molar-refractivity contribution in [3.63, 3.8) is 0 Å². The molecule has 0 aliphatic rings. The second-order valence-electron chi connectivity index (χ2n) is 6.26. The highest BCUT2D eigenvalue weighted by Crippen LogP contribution is 2.19. The molecule has 2 N–H and O–H groups in total. The average molecular weight is 335 g/mol. The van der Waals surface area contributed by atoms with Gasteiger partial charge in [0.2, 0.25) is 5.91 Å². The summed E-state index contributed by atoms with van der Waals surface area (Å²) in [7, 11) is 1.63. The molecule has 0 aliphatic heterocycles. The summed E-state index contributed by atoms with van der Waals surface area (Å²) in [5.41, 5.74) is 4.49. The van der Waals surface area contributed by atoms with Gasteiger partial charge >= 0.3 is 0 Å². The lowest BCUT2D eigenvalue weighted by Gasteiger charge is -2.16. The molecule has 1 heterocycles. The Bertz CT molecular complexity index is 943. The van der Waals surface area contributed by atoms with E-state index in [9.17, 15) is 9.59 Å². The van der Waals surface area contributed by atoms with Gasteiger partial charge in [0.15, 0.2) is 0 Å². The molecule has 0 aliphatic carbocycles. The fraction of sp³-hybridized carbons (Fsp3) is 0.200. The Kier molecular flexibility index (Phi) is 4.57. The number of hydrogen-bond donors (Lipinski definition) is 2. The van der Waals surface area contributed by atoms with Crippen molar-refractivity contribution in [2.45, 2.75) is 13.8 Å². The number of carbonyl (C=O) groups is 2. The van der Waals surface area contributed by atoms with Crippen LogP contribution in [-0.2, 0) is 4.79 Å². The van der Waals surface area contributed by atoms with E-state index in [-0.39, 0.29) is 18.4 Å². The normalized spacial score (nSPS) is 10.7. The van der Waals surface area contributed by atoms with Crippen molar-refractivity contribution in [1.29, 1.82) is 0 Å². The van der Waals surface area contributed by atoms with Crippen molar-refractivity contribution >= 4 is 28.4 Å². The lowest BCUT2D eigenvalue weighted by atomic mass is 10.1. The topological polar surface area (TPSA) is 65.2 Å². The van der Waals surface area contributed by atoms with Crippen LogP contribution in [0, 0.1) is 13.8 Å². The van der Waals surface area contributed by atoms with E-state index in [0.29, 0.717) is 5.56 Å². The van der Waals surface area contributed by atoms with E-state index in [1.807, 2.05) is 56.3 Å². The number of nitrogens with one attached hydrogen (secondary N) is 2. The zero-order valence-corrected chi connectivity index (χ0v) is 14.6. The molecule has 5 heteroatoms. The molecule has 3 rings (SSSR count). The lowest BCUT2D eigenvalue weighted by Crippen LogP contribution is -2.34. The molecule has 0 saturated carbocycles. The third kappa shape index (κ3) is 3.55. The van der Waals surface area contributed by atoms with Crippen molar-refractivity contribution in [3.8, 4) is 0 Å². The molecule has 25 heavy (non-hydrogen) atoms. The van der Waals surface area contributed by atoms with Gasteiger partial charge in [-0.1, -0.05) is 24.3 Å². The number of fused-ring (bicyclic) bond motifs is 1. The maximum Gasteiger partial charge on any atom is 0.256 e. The molecule has 0 bridgehead atoms. The number of rotatable bonds is 4. The predicted octanol–water partition coefficient (Wildman–Crippen LogP) is 3.50. The Morgan fingerprint density at radius 1 is 1.08 bits per heavy atom. The number of nitrogens with zero attached hydrogens (tertiary/aromatic N) is 1. The van der Waals surface area contributed by atoms with Crippen LogP contribution in [0.15, 0.2) is 48.7 Å². The lowest BCUT2D eigenvalue weighted by molar-refractivity contribution is -0.116. The number of likely N-dealkylation sites (N-methyl/N-ethyl adjacent to an activating group) is 1. The Morgan fingerprint density at radius 2 is 1.84 bits per heavy atom. The second-order valence-corrected chi connectivity index (χ2v) is 6.26. The van der Waals surface area contributed by atoms with Crippen LogP contribution in [0.5, 0.6) is 0 Å². The van der Waals surface area contributed by atoms with Crippen LogP contribution in [0.4, 0.5) is 5.69 Å². The van der Waals surface area contributed by atoms with Gasteiger partial charge in [-0.25, -0.2) is 0 Å². The van der Waals surface area contributed by atoms with Gasteiger partial charge in [0, 0.05) is 29.8 Å². The summed E-state index contributed by atoms with van der Waals surface area (Å²) in [4.78, 5) is 29.4. The predicted molar refractivity (Wildman–Crippen MR) is 99.8 cm³/mol. The van der Waals surface area contributed by atoms with E-state index in [4.69, 9.17) is 0 Å². The summed E-state index contributed by atoms with van der Waals surface area (Å²) in [6.45, 7) is 4.01. The molecule has 5 nitrogen and oxygen atoms in total. The third-order valence-corrected chi connectivity index (χ3v) is 4.34. The number of anilines is 1. The summed E-state index contributed by atoms with van der Waals surface area (Å²) in [5.74, 6) is -0.411. The maximum atomic E-state index is 12.6. The van der Waals surface area contributed by atoms with Crippen molar-refractivity contribution in [1.82, 2.24) is 9.88 Å². The first-order valence-electron chi connectivity index (χ1n) is 8.14. The molecule has 3 aromatic rings. The molecule has 128 valence electrons. The second kappa shape index (κ2) is 6.81. The van der Waals surface area contributed by atoms with E-state index in [2.05, 4.69) is 10.3 Å². The van der Waals surface area contributed by atoms with Crippen molar-refractivity contribution in [3.05, 3.63) is 65.4 Å². The summed E-state index contributed by atoms with van der Waals surface area (Å²) < 4.78 is 0. The first-order valence-corrected chi connectivity index (χ1v) is 8.14. The molecule has 0 atom stereocenters. The number of hydrogen-bond acceptors (Lipinski definition) is 2. The molecule has 0 radical (unpaired) electrons. The molecule has 0 unspecified atom stereocenters. The highest BCUT2D eigenvalue weighted by atomic mass is 16.2.